The third kappa shape index (κ3) is 2.42. The van der Waals surface area contributed by atoms with Gasteiger partial charge in [-0.1, -0.05) is 26.7 Å². The van der Waals surface area contributed by atoms with Gasteiger partial charge in [-0.05, 0) is 25.7 Å². The number of hydrogen-bond donors (Lipinski definition) is 0. The summed E-state index contributed by atoms with van der Waals surface area (Å²) in [5.41, 5.74) is 1.67. The maximum atomic E-state index is 11.9. The SMILES string of the molecule is CCOC(=O)c1cnn(C2CCCC2)c1C(C)C. The zero-order valence-corrected chi connectivity index (χ0v) is 11.5. The highest BCUT2D eigenvalue weighted by Gasteiger charge is 2.26. The standard InChI is InChI=1S/C14H22N2O2/c1-4-18-14(17)12-9-15-16(13(12)10(2)3)11-7-5-6-8-11/h9-11H,4-8H2,1-3H3. The highest BCUT2D eigenvalue weighted by molar-refractivity contribution is 5.90. The second kappa shape index (κ2) is 5.55. The van der Waals surface area contributed by atoms with Crippen molar-refractivity contribution in [3.8, 4) is 0 Å². The Labute approximate surface area is 108 Å². The van der Waals surface area contributed by atoms with Crippen molar-refractivity contribution in [2.45, 2.75) is 58.4 Å². The van der Waals surface area contributed by atoms with Crippen LogP contribution in [0, 0.1) is 0 Å². The fraction of sp³-hybridized carbons (Fsp3) is 0.714. The lowest BCUT2D eigenvalue weighted by molar-refractivity contribution is 0.0524. The monoisotopic (exact) mass is 250 g/mol. The molecule has 0 amide bonds. The largest absolute Gasteiger partial charge is 0.462 e. The van der Waals surface area contributed by atoms with Crippen molar-refractivity contribution in [2.75, 3.05) is 6.61 Å². The summed E-state index contributed by atoms with van der Waals surface area (Å²) >= 11 is 0. The summed E-state index contributed by atoms with van der Waals surface area (Å²) in [5.74, 6) is 0.0398. The van der Waals surface area contributed by atoms with E-state index in [4.69, 9.17) is 4.74 Å². The molecule has 0 radical (unpaired) electrons. The van der Waals surface area contributed by atoms with Crippen molar-refractivity contribution >= 4 is 5.97 Å². The minimum Gasteiger partial charge on any atom is -0.462 e. The van der Waals surface area contributed by atoms with Crippen LogP contribution in [0.25, 0.3) is 0 Å². The number of carbonyl (C=O) groups is 1. The molecule has 4 heteroatoms. The summed E-state index contributed by atoms with van der Waals surface area (Å²) in [5, 5.41) is 4.44. The lowest BCUT2D eigenvalue weighted by atomic mass is 10.0. The van der Waals surface area contributed by atoms with E-state index < -0.39 is 0 Å². The second-order valence-corrected chi connectivity index (χ2v) is 5.20. The zero-order valence-electron chi connectivity index (χ0n) is 11.5. The summed E-state index contributed by atoms with van der Waals surface area (Å²) in [7, 11) is 0. The van der Waals surface area contributed by atoms with Crippen molar-refractivity contribution in [1.29, 1.82) is 0 Å². The molecule has 100 valence electrons. The molecule has 0 N–H and O–H groups in total. The molecule has 2 rings (SSSR count). The smallest absolute Gasteiger partial charge is 0.341 e. The van der Waals surface area contributed by atoms with Crippen molar-refractivity contribution in [2.24, 2.45) is 0 Å². The van der Waals surface area contributed by atoms with Gasteiger partial charge in [0.25, 0.3) is 0 Å². The predicted octanol–water partition coefficient (Wildman–Crippen LogP) is 3.30. The molecule has 1 saturated carbocycles. The van der Waals surface area contributed by atoms with Gasteiger partial charge in [0.05, 0.1) is 24.5 Å². The van der Waals surface area contributed by atoms with Crippen LogP contribution in [-0.2, 0) is 4.74 Å². The van der Waals surface area contributed by atoms with Crippen LogP contribution in [0.3, 0.4) is 0 Å². The maximum Gasteiger partial charge on any atom is 0.341 e. The highest BCUT2D eigenvalue weighted by Crippen LogP contribution is 2.33. The first-order valence-corrected chi connectivity index (χ1v) is 6.89. The lowest BCUT2D eigenvalue weighted by Crippen LogP contribution is -2.14. The molecule has 0 spiro atoms. The molecular weight excluding hydrogens is 228 g/mol. The van der Waals surface area contributed by atoms with Gasteiger partial charge in [0.15, 0.2) is 0 Å². The fourth-order valence-corrected chi connectivity index (χ4v) is 2.75. The Morgan fingerprint density at radius 3 is 2.72 bits per heavy atom. The van der Waals surface area contributed by atoms with Crippen LogP contribution in [0.4, 0.5) is 0 Å². The van der Waals surface area contributed by atoms with Gasteiger partial charge in [0.2, 0.25) is 0 Å². The van der Waals surface area contributed by atoms with E-state index >= 15 is 0 Å². The number of esters is 1. The van der Waals surface area contributed by atoms with E-state index in [2.05, 4.69) is 23.6 Å². The minimum absolute atomic E-state index is 0.245. The molecule has 0 saturated heterocycles. The van der Waals surface area contributed by atoms with Crippen molar-refractivity contribution in [1.82, 2.24) is 9.78 Å². The molecule has 1 aliphatic carbocycles. The third-order valence-electron chi connectivity index (χ3n) is 3.55. The minimum atomic E-state index is -0.245. The normalized spacial score (nSPS) is 16.4. The molecule has 1 aromatic heterocycles. The van der Waals surface area contributed by atoms with Gasteiger partial charge in [-0.3, -0.25) is 4.68 Å². The molecule has 1 heterocycles. The molecule has 4 nitrogen and oxygen atoms in total. The van der Waals surface area contributed by atoms with Crippen LogP contribution in [0.15, 0.2) is 6.20 Å². The van der Waals surface area contributed by atoms with Gasteiger partial charge in [-0.2, -0.15) is 5.10 Å². The lowest BCUT2D eigenvalue weighted by Gasteiger charge is -2.17. The number of nitrogens with zero attached hydrogens (tertiary/aromatic N) is 2. The molecule has 0 atom stereocenters. The Morgan fingerprint density at radius 1 is 1.50 bits per heavy atom. The van der Waals surface area contributed by atoms with Crippen LogP contribution in [-0.4, -0.2) is 22.4 Å². The van der Waals surface area contributed by atoms with E-state index in [0.717, 1.165) is 5.69 Å². The predicted molar refractivity (Wildman–Crippen MR) is 69.8 cm³/mol. The summed E-state index contributed by atoms with van der Waals surface area (Å²) in [6.07, 6.45) is 6.53. The Bertz CT molecular complexity index is 417. The second-order valence-electron chi connectivity index (χ2n) is 5.20. The molecule has 0 bridgehead atoms. The summed E-state index contributed by atoms with van der Waals surface area (Å²) < 4.78 is 7.16. The summed E-state index contributed by atoms with van der Waals surface area (Å²) in [4.78, 5) is 11.9. The average molecular weight is 250 g/mol. The maximum absolute atomic E-state index is 11.9. The van der Waals surface area contributed by atoms with E-state index in [-0.39, 0.29) is 11.9 Å². The fourth-order valence-electron chi connectivity index (χ4n) is 2.75. The van der Waals surface area contributed by atoms with E-state index in [1.807, 2.05) is 6.92 Å². The first kappa shape index (κ1) is 13.1. The number of rotatable bonds is 4. The van der Waals surface area contributed by atoms with Gasteiger partial charge in [0, 0.05) is 0 Å². The Balaban J connectivity index is 2.33. The van der Waals surface area contributed by atoms with Crippen molar-refractivity contribution < 1.29 is 9.53 Å². The summed E-state index contributed by atoms with van der Waals surface area (Å²) in [6, 6.07) is 0.463. The summed E-state index contributed by atoms with van der Waals surface area (Å²) in [6.45, 7) is 6.44. The topological polar surface area (TPSA) is 44.1 Å². The molecule has 1 fully saturated rings. The van der Waals surface area contributed by atoms with Gasteiger partial charge < -0.3 is 4.74 Å². The van der Waals surface area contributed by atoms with Crippen LogP contribution in [0.5, 0.6) is 0 Å². The molecular formula is C14H22N2O2. The molecule has 1 aliphatic rings. The van der Waals surface area contributed by atoms with E-state index in [1.165, 1.54) is 25.7 Å². The molecule has 0 aromatic carbocycles. The van der Waals surface area contributed by atoms with Crippen LogP contribution in [0.2, 0.25) is 0 Å². The Kier molecular flexibility index (Phi) is 4.04. The number of aromatic nitrogens is 2. The van der Waals surface area contributed by atoms with E-state index in [0.29, 0.717) is 18.2 Å². The Morgan fingerprint density at radius 2 is 2.17 bits per heavy atom. The van der Waals surface area contributed by atoms with Gasteiger partial charge in [-0.15, -0.1) is 0 Å². The average Bonchev–Trinajstić information content (AvgIpc) is 2.97. The van der Waals surface area contributed by atoms with Crippen molar-refractivity contribution in [3.05, 3.63) is 17.5 Å². The molecule has 0 unspecified atom stereocenters. The number of hydrogen-bond acceptors (Lipinski definition) is 3. The quantitative estimate of drug-likeness (QED) is 0.770. The first-order valence-electron chi connectivity index (χ1n) is 6.89. The van der Waals surface area contributed by atoms with Gasteiger partial charge in [0.1, 0.15) is 5.56 Å². The van der Waals surface area contributed by atoms with E-state index in [1.54, 1.807) is 6.20 Å². The highest BCUT2D eigenvalue weighted by atomic mass is 16.5. The molecule has 1 aromatic rings. The Hall–Kier alpha value is -1.32. The first-order chi connectivity index (χ1) is 8.65. The number of carbonyl (C=O) groups excluding carboxylic acids is 1. The van der Waals surface area contributed by atoms with Crippen LogP contribution in [0.1, 0.15) is 74.5 Å². The van der Waals surface area contributed by atoms with Crippen LogP contribution < -0.4 is 0 Å². The third-order valence-corrected chi connectivity index (χ3v) is 3.55. The van der Waals surface area contributed by atoms with E-state index in [9.17, 15) is 4.79 Å². The van der Waals surface area contributed by atoms with Gasteiger partial charge in [-0.25, -0.2) is 4.79 Å². The van der Waals surface area contributed by atoms with Crippen molar-refractivity contribution in [3.63, 3.8) is 0 Å². The van der Waals surface area contributed by atoms with Gasteiger partial charge >= 0.3 is 5.97 Å². The molecule has 0 aliphatic heterocycles. The number of ether oxygens (including phenoxy) is 1. The zero-order chi connectivity index (χ0) is 13.1. The van der Waals surface area contributed by atoms with Crippen LogP contribution >= 0.6 is 0 Å². The molecule has 18 heavy (non-hydrogen) atoms.